The smallest absolute Gasteiger partial charge is 0.410 e. The van der Waals surface area contributed by atoms with Crippen molar-refractivity contribution in [1.82, 2.24) is 49.8 Å². The van der Waals surface area contributed by atoms with Gasteiger partial charge in [0.25, 0.3) is 5.69 Å². The number of carbonyl (C=O) groups excluding carboxylic acids is 3. The summed E-state index contributed by atoms with van der Waals surface area (Å²) in [6, 6.07) is 71.4. The van der Waals surface area contributed by atoms with Gasteiger partial charge in [-0.1, -0.05) is 200 Å². The Hall–Kier alpha value is -10.6. The first kappa shape index (κ1) is 94.1. The van der Waals surface area contributed by atoms with Crippen LogP contribution in [0.5, 0.6) is 5.75 Å². The molecular formula is C105H104Br2Cl5N11O10. The number of ether oxygens (including phenoxy) is 5. The zero-order valence-electron chi connectivity index (χ0n) is 74.3. The highest BCUT2D eigenvalue weighted by molar-refractivity contribution is 9.10. The summed E-state index contributed by atoms with van der Waals surface area (Å²) < 4.78 is 28.5. The van der Waals surface area contributed by atoms with Gasteiger partial charge in [0, 0.05) is 182 Å². The molecule has 21 rings (SSSR count). The predicted octanol–water partition coefficient (Wildman–Crippen LogP) is 26.0. The summed E-state index contributed by atoms with van der Waals surface area (Å²) in [5, 5.41) is 23.9. The molecule has 688 valence electrons. The third-order valence-electron chi connectivity index (χ3n) is 26.3. The van der Waals surface area contributed by atoms with Gasteiger partial charge in [-0.2, -0.15) is 0 Å². The molecule has 5 unspecified atom stereocenters. The summed E-state index contributed by atoms with van der Waals surface area (Å²) >= 11 is 38.1. The summed E-state index contributed by atoms with van der Waals surface area (Å²) in [4.78, 5) is 75.0. The van der Waals surface area contributed by atoms with Crippen LogP contribution in [0.4, 0.5) is 15.3 Å². The Labute approximate surface area is 814 Å². The number of rotatable bonds is 17. The standard InChI is InChI=1S/C24H27ClN2.C22H22BrClN2O3.C21H19BrCl2N2O2.C21H22N2O3.C17H14ClN3O2/c25-19-11-12-22-21(15-19)20-13-14-27(16-17-7-3-1-4-8-17)24(23(20)26-22)18-9-5-2-6-10-18;1-28-10-11-29-13-20(27)26-9-8-17-18-12-15(23)4-7-19(18)25-21(17)22(26)14-2-5-16(24)6-3-14;1-2-28-21(27)26-8-7-15-16-10-13(22)4-6-18(16)25-20(15)19(26)9-12-3-5-14(23)11-17(12)24;1-3-26-21(24)23-13-12-17-16-6-4-5-7-18(16)22-19(17)20(23)14-8-10-15(25-2)11-9-14;18-11-4-5-15-14(9-11)13-6-7-19-16(17(13)20-15)10-2-1-3-12(8-10)21(22)23/h1,3-4,7-8,11-12,15,18,24,26H,2,5-6,9-10,13-14,16H2;2-7,12,22,25H,8-11,13H2,1H3;3-6,10-11,19,25H,2,7-9H2,1H3;4-11,20,22H,3,12-13H2,1-2H3;1-5,8-9,16,19-20H,6-7H2. The van der Waals surface area contributed by atoms with E-state index in [-0.39, 0.29) is 59.5 Å². The molecule has 6 N–H and O–H groups in total. The molecule has 1 aliphatic carbocycles. The van der Waals surface area contributed by atoms with Gasteiger partial charge in [0.15, 0.2) is 0 Å². The van der Waals surface area contributed by atoms with E-state index in [4.69, 9.17) is 81.7 Å². The number of para-hydroxylation sites is 1. The normalized spacial score (nSPS) is 17.5. The summed E-state index contributed by atoms with van der Waals surface area (Å²) in [6.45, 7) is 10.1. The molecule has 21 nitrogen and oxygen atoms in total. The molecule has 28 heteroatoms. The third-order valence-corrected chi connectivity index (χ3v) is 28.6. The van der Waals surface area contributed by atoms with Gasteiger partial charge in [0.1, 0.15) is 18.4 Å². The van der Waals surface area contributed by atoms with Crippen molar-refractivity contribution < 1.29 is 43.0 Å². The van der Waals surface area contributed by atoms with Gasteiger partial charge in [-0.3, -0.25) is 29.6 Å². The SMILES string of the molecule is CCOC(=O)N1CCc2c([nH]c3ccc(Br)cc23)C1Cc1ccc(Cl)cc1Cl.CCOC(=O)N1CCc2c([nH]c3ccccc23)C1c1ccc(OC)cc1.COCCOCC(=O)N1CCc2c([nH]c3ccc(Br)cc23)C1c1ccc(Cl)cc1.Clc1ccc2[nH]c3c(c2c1)CCN(Cc1ccccc1)C3C1CCCCC1.O=[N+]([O-])c1cccc(C2NCCc3c2[nH]c2ccc(Cl)cc32)c1. The van der Waals surface area contributed by atoms with E-state index >= 15 is 0 Å². The van der Waals surface area contributed by atoms with Crippen LogP contribution in [-0.4, -0.2) is 148 Å². The number of H-pyrrole nitrogens is 5. The fraction of sp³-hybridized carbons (Fsp3) is 0.305. The van der Waals surface area contributed by atoms with Crippen LogP contribution in [0.2, 0.25) is 25.1 Å². The number of aromatic amines is 5. The number of benzene rings is 10. The lowest BCUT2D eigenvalue weighted by atomic mass is 9.79. The molecule has 1 saturated carbocycles. The van der Waals surface area contributed by atoms with Crippen LogP contribution in [0.25, 0.3) is 54.5 Å². The summed E-state index contributed by atoms with van der Waals surface area (Å²) in [5.74, 6) is 1.51. The fourth-order valence-corrected chi connectivity index (χ4v) is 21.9. The monoisotopic (exact) mass is 2010 g/mol. The maximum atomic E-state index is 13.0. The lowest BCUT2D eigenvalue weighted by molar-refractivity contribution is -0.384. The average Bonchev–Trinajstić information content (AvgIpc) is 1.29. The Balaban J connectivity index is 0.000000116. The Morgan fingerprint density at radius 2 is 0.985 bits per heavy atom. The second-order valence-corrected chi connectivity index (χ2v) is 38.2. The van der Waals surface area contributed by atoms with Crippen molar-refractivity contribution in [2.75, 3.05) is 80.0 Å². The molecular weight excluding hydrogens is 1910 g/mol. The highest BCUT2D eigenvalue weighted by Crippen LogP contribution is 2.48. The van der Waals surface area contributed by atoms with Gasteiger partial charge < -0.3 is 58.8 Å². The number of non-ortho nitro benzene ring substituents is 1. The Morgan fingerprint density at radius 1 is 0.474 bits per heavy atom. The average molecular weight is 2020 g/mol. The fourth-order valence-electron chi connectivity index (χ4n) is 20.2. The summed E-state index contributed by atoms with van der Waals surface area (Å²) in [7, 11) is 3.26. The molecule has 0 radical (unpaired) electrons. The molecule has 0 spiro atoms. The van der Waals surface area contributed by atoms with E-state index < -0.39 is 0 Å². The number of hydrogen-bond acceptors (Lipinski definition) is 12. The largest absolute Gasteiger partial charge is 0.497 e. The number of halogens is 7. The highest BCUT2D eigenvalue weighted by atomic mass is 79.9. The van der Waals surface area contributed by atoms with E-state index in [2.05, 4.69) is 152 Å². The van der Waals surface area contributed by atoms with E-state index in [9.17, 15) is 24.5 Å². The van der Waals surface area contributed by atoms with Crippen molar-refractivity contribution in [3.05, 3.63) is 347 Å². The zero-order valence-corrected chi connectivity index (χ0v) is 81.2. The van der Waals surface area contributed by atoms with Crippen LogP contribution in [0, 0.1) is 16.0 Å². The highest BCUT2D eigenvalue weighted by Gasteiger charge is 2.41. The maximum absolute atomic E-state index is 13.0. The first-order chi connectivity index (χ1) is 64.7. The number of fused-ring (bicyclic) bond motifs is 15. The van der Waals surface area contributed by atoms with Gasteiger partial charge in [-0.25, -0.2) is 9.59 Å². The minimum atomic E-state index is -0.363. The van der Waals surface area contributed by atoms with Crippen LogP contribution < -0.4 is 10.1 Å². The van der Waals surface area contributed by atoms with Crippen molar-refractivity contribution >= 4 is 168 Å². The second-order valence-electron chi connectivity index (χ2n) is 34.2. The van der Waals surface area contributed by atoms with E-state index in [1.807, 2.05) is 133 Å². The van der Waals surface area contributed by atoms with E-state index in [1.54, 1.807) is 37.3 Å². The number of nitro benzene ring substituents is 1. The van der Waals surface area contributed by atoms with Gasteiger partial charge in [0.2, 0.25) is 5.91 Å². The van der Waals surface area contributed by atoms with Gasteiger partial charge >= 0.3 is 12.2 Å². The molecule has 10 heterocycles. The van der Waals surface area contributed by atoms with Crippen LogP contribution in [-0.2, 0) is 68.8 Å². The number of aromatic nitrogens is 5. The van der Waals surface area contributed by atoms with E-state index in [0.29, 0.717) is 78.6 Å². The Bertz CT molecular complexity index is 6700. The van der Waals surface area contributed by atoms with Crippen molar-refractivity contribution in [2.45, 2.75) is 121 Å². The lowest BCUT2D eigenvalue weighted by Gasteiger charge is -2.42. The molecule has 5 aliphatic heterocycles. The van der Waals surface area contributed by atoms with E-state index in [1.165, 1.54) is 104 Å². The first-order valence-electron chi connectivity index (χ1n) is 45.3. The molecule has 5 aromatic heterocycles. The van der Waals surface area contributed by atoms with Gasteiger partial charge in [-0.15, -0.1) is 0 Å². The number of nitrogens with one attached hydrogen (secondary N) is 6. The van der Waals surface area contributed by atoms with Crippen LogP contribution in [0.3, 0.4) is 0 Å². The second kappa shape index (κ2) is 42.9. The number of nitro groups is 1. The van der Waals surface area contributed by atoms with Crippen molar-refractivity contribution in [2.24, 2.45) is 5.92 Å². The number of methoxy groups -OCH3 is 2. The Morgan fingerprint density at radius 3 is 1.62 bits per heavy atom. The van der Waals surface area contributed by atoms with Crippen molar-refractivity contribution in [3.8, 4) is 5.75 Å². The molecule has 5 atom stereocenters. The predicted molar refractivity (Wildman–Crippen MR) is 537 cm³/mol. The summed E-state index contributed by atoms with van der Waals surface area (Å²) in [5.41, 5.74) is 23.1. The molecule has 1 fully saturated rings. The molecule has 15 aromatic rings. The first-order valence-corrected chi connectivity index (χ1v) is 48.8. The van der Waals surface area contributed by atoms with Crippen LogP contribution in [0.1, 0.15) is 160 Å². The number of hydrogen-bond donors (Lipinski definition) is 6. The minimum Gasteiger partial charge on any atom is -0.497 e. The molecule has 133 heavy (non-hydrogen) atoms. The lowest BCUT2D eigenvalue weighted by Crippen LogP contribution is -2.42. The number of carbonyl (C=O) groups is 3. The molecule has 10 aromatic carbocycles. The van der Waals surface area contributed by atoms with Crippen molar-refractivity contribution in [1.29, 1.82) is 0 Å². The van der Waals surface area contributed by atoms with Gasteiger partial charge in [0.05, 0.1) is 62.6 Å². The molecule has 6 aliphatic rings. The quantitative estimate of drug-likeness (QED) is 0.0283. The van der Waals surface area contributed by atoms with Crippen LogP contribution in [0.15, 0.2) is 227 Å². The number of nitrogens with zero attached hydrogens (tertiary/aromatic N) is 5. The van der Waals surface area contributed by atoms with E-state index in [0.717, 1.165) is 150 Å². The summed E-state index contributed by atoms with van der Waals surface area (Å²) in [6.07, 6.45) is 11.2. The minimum absolute atomic E-state index is 0.0356. The maximum Gasteiger partial charge on any atom is 0.410 e. The molecule has 0 bridgehead atoms. The van der Waals surface area contributed by atoms with Crippen molar-refractivity contribution in [3.63, 3.8) is 0 Å². The van der Waals surface area contributed by atoms with Crippen LogP contribution >= 0.6 is 89.9 Å². The van der Waals surface area contributed by atoms with Gasteiger partial charge in [-0.05, 0) is 236 Å². The molecule has 0 saturated heterocycles. The zero-order chi connectivity index (χ0) is 92.5. The third kappa shape index (κ3) is 20.9. The topological polar surface area (TPSA) is 244 Å². The number of amides is 3. The Kier molecular flexibility index (Phi) is 30.4. The molecule has 3 amide bonds.